The minimum atomic E-state index is -4.83. The number of hydrogen-bond acceptors (Lipinski definition) is 2. The molecule has 2 unspecified atom stereocenters. The molecule has 0 aliphatic carbocycles. The first-order valence-corrected chi connectivity index (χ1v) is 8.24. The third kappa shape index (κ3) is 5.11. The largest absolute Gasteiger partial charge is 0.481 e. The molecule has 0 aromatic rings. The van der Waals surface area contributed by atoms with Crippen molar-refractivity contribution in [1.29, 1.82) is 0 Å². The Labute approximate surface area is 147 Å². The molecule has 2 atom stereocenters. The molecule has 0 heterocycles. The highest BCUT2D eigenvalue weighted by Gasteiger charge is 2.67. The van der Waals surface area contributed by atoms with E-state index < -0.39 is 45.7 Å². The van der Waals surface area contributed by atoms with E-state index in [1.54, 1.807) is 41.5 Å². The van der Waals surface area contributed by atoms with Crippen LogP contribution in [0.4, 0.5) is 13.2 Å². The van der Waals surface area contributed by atoms with Crippen LogP contribution in [0, 0.1) is 27.6 Å². The maximum atomic E-state index is 13.5. The average Bonchev–Trinajstić information content (AvgIpc) is 2.30. The Morgan fingerprint density at radius 3 is 1.28 bits per heavy atom. The predicted molar refractivity (Wildman–Crippen MR) is 89.2 cm³/mol. The van der Waals surface area contributed by atoms with Gasteiger partial charge < -0.3 is 10.2 Å². The van der Waals surface area contributed by atoms with Crippen molar-refractivity contribution >= 4 is 11.9 Å². The van der Waals surface area contributed by atoms with Crippen molar-refractivity contribution in [2.24, 2.45) is 27.6 Å². The maximum absolute atomic E-state index is 13.5. The van der Waals surface area contributed by atoms with Gasteiger partial charge in [0.2, 0.25) is 0 Å². The Morgan fingerprint density at radius 2 is 1.12 bits per heavy atom. The van der Waals surface area contributed by atoms with Crippen LogP contribution in [0.15, 0.2) is 0 Å². The molecule has 0 aromatic heterocycles. The summed E-state index contributed by atoms with van der Waals surface area (Å²) >= 11 is 0. The zero-order valence-corrected chi connectivity index (χ0v) is 16.3. The molecule has 0 amide bonds. The van der Waals surface area contributed by atoms with Crippen molar-refractivity contribution in [2.45, 2.75) is 74.4 Å². The van der Waals surface area contributed by atoms with Crippen LogP contribution in [-0.4, -0.2) is 28.3 Å². The lowest BCUT2D eigenvalue weighted by molar-refractivity contribution is -0.236. The van der Waals surface area contributed by atoms with Gasteiger partial charge >= 0.3 is 18.1 Å². The van der Waals surface area contributed by atoms with Crippen LogP contribution in [0.25, 0.3) is 0 Å². The summed E-state index contributed by atoms with van der Waals surface area (Å²) in [7, 11) is 0. The topological polar surface area (TPSA) is 74.6 Å². The first-order valence-electron chi connectivity index (χ1n) is 8.24. The summed E-state index contributed by atoms with van der Waals surface area (Å²) in [4.78, 5) is 24.4. The first-order chi connectivity index (χ1) is 10.7. The van der Waals surface area contributed by atoms with Crippen LogP contribution >= 0.6 is 0 Å². The van der Waals surface area contributed by atoms with Gasteiger partial charge in [0, 0.05) is 0 Å². The molecule has 4 nitrogen and oxygen atoms in total. The van der Waals surface area contributed by atoms with Crippen LogP contribution in [0.3, 0.4) is 0 Å². The summed E-state index contributed by atoms with van der Waals surface area (Å²) in [5.74, 6) is -5.56. The van der Waals surface area contributed by atoms with Gasteiger partial charge in [-0.1, -0.05) is 48.5 Å². The number of halogens is 3. The molecule has 0 spiro atoms. The van der Waals surface area contributed by atoms with E-state index >= 15 is 0 Å². The highest BCUT2D eigenvalue weighted by molar-refractivity contribution is 5.87. The van der Waals surface area contributed by atoms with E-state index in [-0.39, 0.29) is 12.8 Å². The lowest BCUT2D eigenvalue weighted by atomic mass is 9.50. The number of aliphatic carboxylic acids is 2. The standard InChI is InChI=1S/C18H31F3O4/c1-11(18(19,20)21)16(8,12(22)23)17(13(24)25,9-14(2,3)4)10-15(5,6)7/h11H,9-10H2,1-8H3,(H,22,23)(H,24,25). The fraction of sp³-hybridized carbons (Fsp3) is 0.889. The fourth-order valence-corrected chi connectivity index (χ4v) is 3.75. The van der Waals surface area contributed by atoms with Gasteiger partial charge in [-0.25, -0.2) is 0 Å². The summed E-state index contributed by atoms with van der Waals surface area (Å²) in [5.41, 5.74) is -5.95. The van der Waals surface area contributed by atoms with Crippen molar-refractivity contribution in [3.63, 3.8) is 0 Å². The van der Waals surface area contributed by atoms with Crippen molar-refractivity contribution in [1.82, 2.24) is 0 Å². The molecule has 0 aromatic carbocycles. The summed E-state index contributed by atoms with van der Waals surface area (Å²) in [6, 6.07) is 0. The molecule has 0 saturated heterocycles. The zero-order valence-electron chi connectivity index (χ0n) is 16.3. The Morgan fingerprint density at radius 1 is 0.800 bits per heavy atom. The molecule has 148 valence electrons. The van der Waals surface area contributed by atoms with Gasteiger partial charge in [0.15, 0.2) is 0 Å². The average molecular weight is 368 g/mol. The number of hydrogen-bond donors (Lipinski definition) is 2. The quantitative estimate of drug-likeness (QED) is 0.674. The Bertz CT molecular complexity index is 496. The van der Waals surface area contributed by atoms with E-state index in [1.165, 1.54) is 0 Å². The summed E-state index contributed by atoms with van der Waals surface area (Å²) < 4.78 is 40.5. The third-order valence-electron chi connectivity index (χ3n) is 4.87. The second-order valence-electron chi connectivity index (χ2n) is 9.63. The van der Waals surface area contributed by atoms with Gasteiger partial charge in [0.1, 0.15) is 0 Å². The smallest absolute Gasteiger partial charge is 0.392 e. The Balaban J connectivity index is 6.86. The second-order valence-corrected chi connectivity index (χ2v) is 9.63. The number of rotatable bonds is 6. The molecule has 0 bridgehead atoms. The van der Waals surface area contributed by atoms with Crippen LogP contribution in [-0.2, 0) is 9.59 Å². The van der Waals surface area contributed by atoms with Gasteiger partial charge in [-0.3, -0.25) is 9.59 Å². The molecule has 0 aliphatic rings. The van der Waals surface area contributed by atoms with Crippen LogP contribution in [0.5, 0.6) is 0 Å². The molecule has 7 heteroatoms. The molecular formula is C18H31F3O4. The second kappa shape index (κ2) is 6.80. The van der Waals surface area contributed by atoms with E-state index in [0.29, 0.717) is 0 Å². The van der Waals surface area contributed by atoms with Crippen molar-refractivity contribution in [3.8, 4) is 0 Å². The lowest BCUT2D eigenvalue weighted by Crippen LogP contribution is -2.59. The minimum absolute atomic E-state index is 0.185. The predicted octanol–water partition coefficient (Wildman–Crippen LogP) is 5.22. The molecule has 0 aliphatic heterocycles. The lowest BCUT2D eigenvalue weighted by Gasteiger charge is -2.51. The molecule has 0 fully saturated rings. The zero-order chi connectivity index (χ0) is 20.6. The van der Waals surface area contributed by atoms with Crippen LogP contribution in [0.1, 0.15) is 68.2 Å². The van der Waals surface area contributed by atoms with Gasteiger partial charge in [0.05, 0.1) is 16.7 Å². The molecular weight excluding hydrogens is 337 g/mol. The van der Waals surface area contributed by atoms with Crippen molar-refractivity contribution in [2.75, 3.05) is 0 Å². The van der Waals surface area contributed by atoms with Gasteiger partial charge in [-0.05, 0) is 30.6 Å². The van der Waals surface area contributed by atoms with Crippen molar-refractivity contribution in [3.05, 3.63) is 0 Å². The van der Waals surface area contributed by atoms with E-state index in [1.807, 2.05) is 0 Å². The van der Waals surface area contributed by atoms with Gasteiger partial charge in [-0.2, -0.15) is 13.2 Å². The monoisotopic (exact) mass is 368 g/mol. The number of carboxylic acids is 2. The summed E-state index contributed by atoms with van der Waals surface area (Å²) in [6.45, 7) is 11.9. The fourth-order valence-electron chi connectivity index (χ4n) is 3.75. The molecule has 25 heavy (non-hydrogen) atoms. The normalized spacial score (nSPS) is 17.7. The summed E-state index contributed by atoms with van der Waals surface area (Å²) in [5, 5.41) is 19.8. The Hall–Kier alpha value is -1.27. The van der Waals surface area contributed by atoms with Crippen LogP contribution in [0.2, 0.25) is 0 Å². The molecule has 0 saturated carbocycles. The van der Waals surface area contributed by atoms with E-state index in [0.717, 1.165) is 13.8 Å². The third-order valence-corrected chi connectivity index (χ3v) is 4.87. The minimum Gasteiger partial charge on any atom is -0.481 e. The SMILES string of the molecule is CC(C(F)(F)F)C(C)(C(=O)O)C(CC(C)(C)C)(CC(C)(C)C)C(=O)O. The van der Waals surface area contributed by atoms with Gasteiger partial charge in [-0.15, -0.1) is 0 Å². The summed E-state index contributed by atoms with van der Waals surface area (Å²) in [6.07, 6.45) is -5.20. The van der Waals surface area contributed by atoms with E-state index in [4.69, 9.17) is 0 Å². The number of carboxylic acid groups (broad SMARTS) is 2. The molecule has 0 rings (SSSR count). The molecule has 0 radical (unpaired) electrons. The van der Waals surface area contributed by atoms with Gasteiger partial charge in [0.25, 0.3) is 0 Å². The number of alkyl halides is 3. The first kappa shape index (κ1) is 23.7. The van der Waals surface area contributed by atoms with Crippen molar-refractivity contribution < 1.29 is 33.0 Å². The highest BCUT2D eigenvalue weighted by Crippen LogP contribution is 2.59. The van der Waals surface area contributed by atoms with E-state index in [2.05, 4.69) is 0 Å². The van der Waals surface area contributed by atoms with Crippen LogP contribution < -0.4 is 0 Å². The highest BCUT2D eigenvalue weighted by atomic mass is 19.4. The Kier molecular flexibility index (Phi) is 6.45. The maximum Gasteiger partial charge on any atom is 0.392 e. The molecule has 2 N–H and O–H groups in total. The van der Waals surface area contributed by atoms with E-state index in [9.17, 15) is 33.0 Å². The number of carbonyl (C=O) groups is 2.